The van der Waals surface area contributed by atoms with Crippen LogP contribution in [0.15, 0.2) is 90.1 Å². The zero-order valence-corrected chi connectivity index (χ0v) is 17.0. The highest BCUT2D eigenvalue weighted by Crippen LogP contribution is 2.24. The Morgan fingerprint density at radius 3 is 2.52 bits per heavy atom. The molecule has 6 nitrogen and oxygen atoms in total. The van der Waals surface area contributed by atoms with Crippen LogP contribution in [0.25, 0.3) is 39.0 Å². The van der Waals surface area contributed by atoms with Gasteiger partial charge < -0.3 is 0 Å². The summed E-state index contributed by atoms with van der Waals surface area (Å²) in [6.07, 6.45) is 7.33. The summed E-state index contributed by atoms with van der Waals surface area (Å²) in [5.74, 6) is 0. The fourth-order valence-electron chi connectivity index (χ4n) is 3.69. The van der Waals surface area contributed by atoms with E-state index in [1.54, 1.807) is 16.8 Å². The van der Waals surface area contributed by atoms with Crippen molar-refractivity contribution in [3.63, 3.8) is 0 Å². The molecule has 0 amide bonds. The molecule has 6 aromatic rings. The molecule has 0 aliphatic carbocycles. The highest BCUT2D eigenvalue weighted by atomic mass is 32.1. The molecule has 0 saturated carbocycles. The lowest BCUT2D eigenvalue weighted by Crippen LogP contribution is -2.22. The van der Waals surface area contributed by atoms with Gasteiger partial charge in [-0.15, -0.1) is 0 Å². The zero-order valence-electron chi connectivity index (χ0n) is 16.2. The number of thiazole rings is 1. The lowest BCUT2D eigenvalue weighted by atomic mass is 10.1. The lowest BCUT2D eigenvalue weighted by molar-refractivity contribution is 0.884. The molecule has 0 atom stereocenters. The number of aromatic nitrogens is 5. The van der Waals surface area contributed by atoms with Crippen molar-refractivity contribution in [1.29, 1.82) is 0 Å². The largest absolute Gasteiger partial charge is 0.274 e. The first-order valence-corrected chi connectivity index (χ1v) is 10.6. The Kier molecular flexibility index (Phi) is 4.00. The molecule has 4 aromatic heterocycles. The van der Waals surface area contributed by atoms with Crippen LogP contribution in [0, 0.1) is 0 Å². The van der Waals surface area contributed by atoms with Gasteiger partial charge in [-0.1, -0.05) is 41.7 Å². The van der Waals surface area contributed by atoms with E-state index in [0.717, 1.165) is 33.5 Å². The third-order valence-electron chi connectivity index (χ3n) is 5.15. The quantitative estimate of drug-likeness (QED) is 0.437. The van der Waals surface area contributed by atoms with Crippen molar-refractivity contribution >= 4 is 33.4 Å². The molecule has 2 aromatic carbocycles. The summed E-state index contributed by atoms with van der Waals surface area (Å²) in [6.45, 7) is 0. The van der Waals surface area contributed by atoms with Crippen LogP contribution < -0.4 is 10.1 Å². The number of fused-ring (bicyclic) bond motifs is 3. The molecule has 0 bridgehead atoms. The topological polar surface area (TPSA) is 65.1 Å². The Bertz CT molecular complexity index is 1650. The van der Waals surface area contributed by atoms with Gasteiger partial charge in [0.1, 0.15) is 5.69 Å². The summed E-state index contributed by atoms with van der Waals surface area (Å²) >= 11 is 1.39. The zero-order chi connectivity index (χ0) is 20.8. The van der Waals surface area contributed by atoms with E-state index in [1.807, 2.05) is 83.7 Å². The SMILES string of the molecule is O=c1/c(=C/c2cn(-c3ccccc3)nc2-c2ccncc2)sc2nc3ccccc3n12. The monoisotopic (exact) mass is 421 g/mol. The predicted molar refractivity (Wildman–Crippen MR) is 122 cm³/mol. The maximum absolute atomic E-state index is 13.2. The molecule has 0 aliphatic rings. The van der Waals surface area contributed by atoms with E-state index in [1.165, 1.54) is 11.3 Å². The molecule has 31 heavy (non-hydrogen) atoms. The summed E-state index contributed by atoms with van der Waals surface area (Å²) in [5.41, 5.74) is 5.13. The number of hydrogen-bond donors (Lipinski definition) is 0. The summed E-state index contributed by atoms with van der Waals surface area (Å²) < 4.78 is 4.14. The number of nitrogens with zero attached hydrogens (tertiary/aromatic N) is 5. The molecular formula is C24H15N5OS. The van der Waals surface area contributed by atoms with Crippen molar-refractivity contribution in [1.82, 2.24) is 24.1 Å². The number of pyridine rings is 1. The molecule has 7 heteroatoms. The van der Waals surface area contributed by atoms with Crippen LogP contribution in [-0.2, 0) is 0 Å². The van der Waals surface area contributed by atoms with E-state index < -0.39 is 0 Å². The van der Waals surface area contributed by atoms with Crippen molar-refractivity contribution in [3.05, 3.63) is 106 Å². The molecular weight excluding hydrogens is 406 g/mol. The Labute approximate surface area is 180 Å². The highest BCUT2D eigenvalue weighted by Gasteiger charge is 2.14. The predicted octanol–water partition coefficient (Wildman–Crippen LogP) is 3.70. The minimum atomic E-state index is -0.0677. The van der Waals surface area contributed by atoms with Gasteiger partial charge in [0, 0.05) is 29.7 Å². The van der Waals surface area contributed by atoms with Crippen molar-refractivity contribution in [2.45, 2.75) is 0 Å². The summed E-state index contributed by atoms with van der Waals surface area (Å²) in [5, 5.41) is 4.81. The molecule has 0 saturated heterocycles. The number of benzene rings is 2. The van der Waals surface area contributed by atoms with Gasteiger partial charge in [-0.2, -0.15) is 5.10 Å². The van der Waals surface area contributed by atoms with E-state index in [0.29, 0.717) is 9.49 Å². The van der Waals surface area contributed by atoms with Gasteiger partial charge >= 0.3 is 0 Å². The van der Waals surface area contributed by atoms with E-state index in [2.05, 4.69) is 9.97 Å². The van der Waals surface area contributed by atoms with Crippen LogP contribution in [0.2, 0.25) is 0 Å². The van der Waals surface area contributed by atoms with E-state index in [9.17, 15) is 4.79 Å². The van der Waals surface area contributed by atoms with Gasteiger partial charge in [-0.25, -0.2) is 14.1 Å². The number of para-hydroxylation sites is 3. The Morgan fingerprint density at radius 2 is 1.68 bits per heavy atom. The smallest absolute Gasteiger partial charge is 0.267 e. The summed E-state index contributed by atoms with van der Waals surface area (Å²) in [4.78, 5) is 22.6. The molecule has 4 heterocycles. The minimum Gasteiger partial charge on any atom is -0.267 e. The van der Waals surface area contributed by atoms with Crippen molar-refractivity contribution in [2.24, 2.45) is 0 Å². The van der Waals surface area contributed by atoms with Gasteiger partial charge in [-0.3, -0.25) is 9.78 Å². The molecule has 0 spiro atoms. The molecule has 148 valence electrons. The first kappa shape index (κ1) is 17.7. The fraction of sp³-hybridized carbons (Fsp3) is 0. The number of hydrogen-bond acceptors (Lipinski definition) is 5. The van der Waals surface area contributed by atoms with Gasteiger partial charge in [-0.05, 0) is 42.5 Å². The molecule has 0 fully saturated rings. The second-order valence-electron chi connectivity index (χ2n) is 7.08. The standard InChI is InChI=1S/C24H15N5OS/c30-23-21(31-24-26-19-8-4-5-9-20(19)29(23)24)14-17-15-28(18-6-2-1-3-7-18)27-22(17)16-10-12-25-13-11-16/h1-15H/b21-14-. The first-order valence-electron chi connectivity index (χ1n) is 9.75. The van der Waals surface area contributed by atoms with Gasteiger partial charge in [0.2, 0.25) is 0 Å². The van der Waals surface area contributed by atoms with Gasteiger partial charge in [0.15, 0.2) is 4.96 Å². The van der Waals surface area contributed by atoms with E-state index >= 15 is 0 Å². The van der Waals surface area contributed by atoms with Crippen LogP contribution in [0.5, 0.6) is 0 Å². The average Bonchev–Trinajstić information content (AvgIpc) is 3.48. The van der Waals surface area contributed by atoms with Crippen LogP contribution in [0.3, 0.4) is 0 Å². The van der Waals surface area contributed by atoms with Crippen molar-refractivity contribution in [3.8, 4) is 16.9 Å². The van der Waals surface area contributed by atoms with E-state index in [4.69, 9.17) is 5.10 Å². The summed E-state index contributed by atoms with van der Waals surface area (Å²) in [6, 6.07) is 21.4. The molecule has 0 aliphatic heterocycles. The van der Waals surface area contributed by atoms with Crippen LogP contribution in [-0.4, -0.2) is 24.1 Å². The Hall–Kier alpha value is -4.10. The molecule has 0 radical (unpaired) electrons. The fourth-order valence-corrected chi connectivity index (χ4v) is 4.67. The third kappa shape index (κ3) is 2.94. The number of imidazole rings is 1. The Balaban J connectivity index is 1.59. The van der Waals surface area contributed by atoms with Gasteiger partial charge in [0.25, 0.3) is 5.56 Å². The van der Waals surface area contributed by atoms with Crippen LogP contribution in [0.1, 0.15) is 5.56 Å². The second-order valence-corrected chi connectivity index (χ2v) is 8.09. The third-order valence-corrected chi connectivity index (χ3v) is 6.12. The lowest BCUT2D eigenvalue weighted by Gasteiger charge is -2.00. The minimum absolute atomic E-state index is 0.0677. The maximum atomic E-state index is 13.2. The summed E-state index contributed by atoms with van der Waals surface area (Å²) in [7, 11) is 0. The van der Waals surface area contributed by atoms with Crippen molar-refractivity contribution in [2.75, 3.05) is 0 Å². The van der Waals surface area contributed by atoms with E-state index in [-0.39, 0.29) is 5.56 Å². The molecule has 0 N–H and O–H groups in total. The maximum Gasteiger partial charge on any atom is 0.274 e. The first-order chi connectivity index (χ1) is 15.3. The average molecular weight is 421 g/mol. The van der Waals surface area contributed by atoms with Crippen LogP contribution >= 0.6 is 11.3 Å². The molecule has 6 rings (SSSR count). The van der Waals surface area contributed by atoms with Gasteiger partial charge in [0.05, 0.1) is 21.3 Å². The number of rotatable bonds is 3. The second kappa shape index (κ2) is 7.00. The Morgan fingerprint density at radius 1 is 0.903 bits per heavy atom. The van der Waals surface area contributed by atoms with Crippen LogP contribution in [0.4, 0.5) is 0 Å². The molecule has 0 unspecified atom stereocenters. The van der Waals surface area contributed by atoms with Crippen molar-refractivity contribution < 1.29 is 0 Å². The highest BCUT2D eigenvalue weighted by molar-refractivity contribution is 7.15. The normalized spacial score (nSPS) is 12.2.